The highest BCUT2D eigenvalue weighted by Crippen LogP contribution is 2.33. The van der Waals surface area contributed by atoms with Crippen LogP contribution in [0.25, 0.3) is 11.3 Å². The van der Waals surface area contributed by atoms with E-state index in [1.54, 1.807) is 7.11 Å². The van der Waals surface area contributed by atoms with Crippen molar-refractivity contribution in [3.63, 3.8) is 0 Å². The van der Waals surface area contributed by atoms with Crippen molar-refractivity contribution in [3.05, 3.63) is 58.7 Å². The van der Waals surface area contributed by atoms with Crippen molar-refractivity contribution in [1.82, 2.24) is 4.98 Å². The first-order valence-corrected chi connectivity index (χ1v) is 10.0. The van der Waals surface area contributed by atoms with E-state index in [-0.39, 0.29) is 10.0 Å². The molecule has 26 heavy (non-hydrogen) atoms. The van der Waals surface area contributed by atoms with Gasteiger partial charge in [-0.15, -0.1) is 11.3 Å². The number of thiazole rings is 1. The molecule has 0 atom stereocenters. The fourth-order valence-corrected chi connectivity index (χ4v) is 4.59. The standard InChI is InChI=1S/C18H17FN2O3S2/c1-11-10-13(4-9-16(11)24-3)17-12(2)25-18(20-17)21-26(22,23)15-7-5-14(19)6-8-15/h4-10H,1-3H3,(H,20,21). The van der Waals surface area contributed by atoms with Gasteiger partial charge in [-0.25, -0.2) is 17.8 Å². The summed E-state index contributed by atoms with van der Waals surface area (Å²) in [6, 6.07) is 10.3. The molecule has 3 rings (SSSR count). The molecule has 0 fully saturated rings. The molecular formula is C18H17FN2O3S2. The molecule has 1 N–H and O–H groups in total. The fourth-order valence-electron chi connectivity index (χ4n) is 2.52. The number of nitrogens with one attached hydrogen (secondary N) is 1. The summed E-state index contributed by atoms with van der Waals surface area (Å²) in [6.45, 7) is 3.81. The second-order valence-corrected chi connectivity index (χ2v) is 8.55. The zero-order valence-electron chi connectivity index (χ0n) is 14.4. The highest BCUT2D eigenvalue weighted by molar-refractivity contribution is 7.93. The van der Waals surface area contributed by atoms with E-state index in [4.69, 9.17) is 4.74 Å². The van der Waals surface area contributed by atoms with Crippen LogP contribution in [0.4, 0.5) is 9.52 Å². The molecule has 0 aliphatic rings. The Kier molecular flexibility index (Phi) is 4.97. The predicted octanol–water partition coefficient (Wildman–Crippen LogP) is 4.38. The average molecular weight is 392 g/mol. The van der Waals surface area contributed by atoms with Crippen molar-refractivity contribution in [2.24, 2.45) is 0 Å². The molecule has 8 heteroatoms. The summed E-state index contributed by atoms with van der Waals surface area (Å²) in [5.74, 6) is 0.282. The average Bonchev–Trinajstić information content (AvgIpc) is 2.94. The Morgan fingerprint density at radius 1 is 1.12 bits per heavy atom. The van der Waals surface area contributed by atoms with E-state index in [0.29, 0.717) is 5.69 Å². The first-order valence-electron chi connectivity index (χ1n) is 7.71. The van der Waals surface area contributed by atoms with Crippen LogP contribution in [0, 0.1) is 19.7 Å². The van der Waals surface area contributed by atoms with Crippen LogP contribution in [-0.4, -0.2) is 20.5 Å². The summed E-state index contributed by atoms with van der Waals surface area (Å²) >= 11 is 1.24. The number of rotatable bonds is 5. The molecule has 1 aromatic heterocycles. The third-order valence-corrected chi connectivity index (χ3v) is 6.18. The molecule has 0 spiro atoms. The van der Waals surface area contributed by atoms with Crippen LogP contribution >= 0.6 is 11.3 Å². The molecule has 0 saturated heterocycles. The molecular weight excluding hydrogens is 375 g/mol. The molecule has 0 saturated carbocycles. The predicted molar refractivity (Wildman–Crippen MR) is 101 cm³/mol. The number of methoxy groups -OCH3 is 1. The largest absolute Gasteiger partial charge is 0.496 e. The van der Waals surface area contributed by atoms with Crippen molar-refractivity contribution in [3.8, 4) is 17.0 Å². The van der Waals surface area contributed by atoms with Crippen LogP contribution in [0.3, 0.4) is 0 Å². The smallest absolute Gasteiger partial charge is 0.263 e. The number of aromatic nitrogens is 1. The number of aryl methyl sites for hydroxylation is 2. The van der Waals surface area contributed by atoms with Crippen molar-refractivity contribution >= 4 is 26.5 Å². The minimum absolute atomic E-state index is 0.0198. The SMILES string of the molecule is COc1ccc(-c2nc(NS(=O)(=O)c3ccc(F)cc3)sc2C)cc1C. The van der Waals surface area contributed by atoms with Gasteiger partial charge in [0.05, 0.1) is 17.7 Å². The summed E-state index contributed by atoms with van der Waals surface area (Å²) in [5, 5.41) is 0.260. The monoisotopic (exact) mass is 392 g/mol. The van der Waals surface area contributed by atoms with Gasteiger partial charge in [-0.3, -0.25) is 4.72 Å². The van der Waals surface area contributed by atoms with Crippen molar-refractivity contribution in [2.75, 3.05) is 11.8 Å². The molecule has 0 aliphatic heterocycles. The molecule has 3 aromatic rings. The Balaban J connectivity index is 1.91. The molecule has 0 amide bonds. The number of sulfonamides is 1. The molecule has 136 valence electrons. The zero-order valence-corrected chi connectivity index (χ0v) is 16.0. The van der Waals surface area contributed by atoms with Crippen LogP contribution in [0.5, 0.6) is 5.75 Å². The summed E-state index contributed by atoms with van der Waals surface area (Å²) in [7, 11) is -2.21. The lowest BCUT2D eigenvalue weighted by Gasteiger charge is -2.06. The lowest BCUT2D eigenvalue weighted by Crippen LogP contribution is -2.12. The Morgan fingerprint density at radius 3 is 2.42 bits per heavy atom. The summed E-state index contributed by atoms with van der Waals surface area (Å²) < 4.78 is 45.6. The molecule has 0 aliphatic carbocycles. The van der Waals surface area contributed by atoms with Crippen molar-refractivity contribution in [1.29, 1.82) is 0 Å². The minimum atomic E-state index is -3.82. The number of hydrogen-bond acceptors (Lipinski definition) is 5. The molecule has 5 nitrogen and oxygen atoms in total. The van der Waals surface area contributed by atoms with E-state index < -0.39 is 15.8 Å². The van der Waals surface area contributed by atoms with Crippen molar-refractivity contribution in [2.45, 2.75) is 18.7 Å². The van der Waals surface area contributed by atoms with Crippen LogP contribution in [0.15, 0.2) is 47.4 Å². The number of halogens is 1. The lowest BCUT2D eigenvalue weighted by molar-refractivity contribution is 0.412. The van der Waals surface area contributed by atoms with Gasteiger partial charge in [0, 0.05) is 10.4 Å². The Bertz CT molecular complexity index is 1040. The van der Waals surface area contributed by atoms with E-state index in [9.17, 15) is 12.8 Å². The van der Waals surface area contributed by atoms with E-state index in [0.717, 1.165) is 33.9 Å². The van der Waals surface area contributed by atoms with Crippen LogP contribution in [0.2, 0.25) is 0 Å². The molecule has 2 aromatic carbocycles. The van der Waals surface area contributed by atoms with Gasteiger partial charge in [-0.2, -0.15) is 0 Å². The Labute approximate surface area is 155 Å². The lowest BCUT2D eigenvalue weighted by atomic mass is 10.1. The summed E-state index contributed by atoms with van der Waals surface area (Å²) in [6.07, 6.45) is 0. The van der Waals surface area contributed by atoms with Gasteiger partial charge in [-0.1, -0.05) is 0 Å². The third-order valence-electron chi connectivity index (χ3n) is 3.81. The Hall–Kier alpha value is -2.45. The second kappa shape index (κ2) is 7.05. The maximum absolute atomic E-state index is 13.0. The van der Waals surface area contributed by atoms with Gasteiger partial charge in [0.1, 0.15) is 11.6 Å². The van der Waals surface area contributed by atoms with E-state index >= 15 is 0 Å². The van der Waals surface area contributed by atoms with Gasteiger partial charge in [0.25, 0.3) is 10.0 Å². The number of hydrogen-bond donors (Lipinski definition) is 1. The van der Waals surface area contributed by atoms with Gasteiger partial charge >= 0.3 is 0 Å². The topological polar surface area (TPSA) is 68.3 Å². The van der Waals surface area contributed by atoms with Gasteiger partial charge in [-0.05, 0) is 61.9 Å². The maximum Gasteiger partial charge on any atom is 0.263 e. The highest BCUT2D eigenvalue weighted by Gasteiger charge is 2.18. The minimum Gasteiger partial charge on any atom is -0.496 e. The second-order valence-electron chi connectivity index (χ2n) is 5.67. The zero-order chi connectivity index (χ0) is 18.9. The molecule has 0 radical (unpaired) electrons. The molecule has 0 unspecified atom stereocenters. The summed E-state index contributed by atoms with van der Waals surface area (Å²) in [5.41, 5.74) is 2.55. The number of benzene rings is 2. The number of ether oxygens (including phenoxy) is 1. The normalized spacial score (nSPS) is 11.4. The number of nitrogens with zero attached hydrogens (tertiary/aromatic N) is 1. The highest BCUT2D eigenvalue weighted by atomic mass is 32.2. The van der Waals surface area contributed by atoms with Crippen LogP contribution < -0.4 is 9.46 Å². The van der Waals surface area contributed by atoms with Crippen molar-refractivity contribution < 1.29 is 17.5 Å². The van der Waals surface area contributed by atoms with E-state index in [2.05, 4.69) is 9.71 Å². The van der Waals surface area contributed by atoms with Crippen LogP contribution in [0.1, 0.15) is 10.4 Å². The molecule has 1 heterocycles. The fraction of sp³-hybridized carbons (Fsp3) is 0.167. The third kappa shape index (κ3) is 3.71. The molecule has 0 bridgehead atoms. The first kappa shape index (κ1) is 18.3. The van der Waals surface area contributed by atoms with E-state index in [1.807, 2.05) is 32.0 Å². The summed E-state index contributed by atoms with van der Waals surface area (Å²) in [4.78, 5) is 5.28. The maximum atomic E-state index is 13.0. The quantitative estimate of drug-likeness (QED) is 0.700. The van der Waals surface area contributed by atoms with Gasteiger partial charge in [0.15, 0.2) is 5.13 Å². The number of anilines is 1. The first-order chi connectivity index (χ1) is 12.3. The van der Waals surface area contributed by atoms with Gasteiger partial charge < -0.3 is 4.74 Å². The van der Waals surface area contributed by atoms with E-state index in [1.165, 1.54) is 23.5 Å². The Morgan fingerprint density at radius 2 is 1.81 bits per heavy atom. The van der Waals surface area contributed by atoms with Gasteiger partial charge in [0.2, 0.25) is 0 Å². The van der Waals surface area contributed by atoms with Crippen LogP contribution in [-0.2, 0) is 10.0 Å².